The van der Waals surface area contributed by atoms with Crippen molar-refractivity contribution in [3.05, 3.63) is 114 Å². The van der Waals surface area contributed by atoms with Gasteiger partial charge in [-0.05, 0) is 60.5 Å². The van der Waals surface area contributed by atoms with Crippen LogP contribution in [0.5, 0.6) is 5.75 Å². The summed E-state index contributed by atoms with van der Waals surface area (Å²) in [6.45, 7) is 8.68. The van der Waals surface area contributed by atoms with Crippen molar-refractivity contribution >= 4 is 5.97 Å². The predicted molar refractivity (Wildman–Crippen MR) is 141 cm³/mol. The summed E-state index contributed by atoms with van der Waals surface area (Å²) in [6.07, 6.45) is 4.58. The van der Waals surface area contributed by atoms with Gasteiger partial charge in [-0.1, -0.05) is 78.9 Å². The van der Waals surface area contributed by atoms with E-state index in [1.807, 2.05) is 67.6 Å². The number of hydrogen-bond acceptors (Lipinski definition) is 3. The van der Waals surface area contributed by atoms with Gasteiger partial charge in [0.15, 0.2) is 0 Å². The minimum atomic E-state index is -1.04. The molecule has 3 aromatic carbocycles. The van der Waals surface area contributed by atoms with Gasteiger partial charge in [-0.25, -0.2) is 0 Å². The summed E-state index contributed by atoms with van der Waals surface area (Å²) in [5.74, 6) is 0.269. The van der Waals surface area contributed by atoms with Gasteiger partial charge in [0.2, 0.25) is 0 Å². The minimum Gasteiger partial charge on any atom is -0.493 e. The third-order valence-electron chi connectivity index (χ3n) is 7.15. The van der Waals surface area contributed by atoms with Gasteiger partial charge >= 0.3 is 5.97 Å². The second-order valence-electron chi connectivity index (χ2n) is 9.33. The molecule has 0 radical (unpaired) electrons. The van der Waals surface area contributed by atoms with Crippen molar-refractivity contribution in [2.75, 3.05) is 26.2 Å². The van der Waals surface area contributed by atoms with E-state index in [1.54, 1.807) is 6.08 Å². The van der Waals surface area contributed by atoms with Crippen LogP contribution in [0.2, 0.25) is 0 Å². The number of nitrogens with zero attached hydrogens (tertiary/aromatic N) is 1. The molecule has 2 heterocycles. The molecule has 0 saturated carbocycles. The molecule has 1 saturated heterocycles. The normalized spacial score (nSPS) is 17.1. The Kier molecular flexibility index (Phi) is 8.04. The van der Waals surface area contributed by atoms with Crippen molar-refractivity contribution in [2.24, 2.45) is 5.92 Å². The number of likely N-dealkylation sites (tertiary alicyclic amines) is 1. The largest absolute Gasteiger partial charge is 0.493 e. The Morgan fingerprint density at radius 3 is 2.31 bits per heavy atom. The minimum absolute atomic E-state index is 0.0122. The van der Waals surface area contributed by atoms with Gasteiger partial charge in [0.1, 0.15) is 11.2 Å². The maximum atomic E-state index is 13.0. The topological polar surface area (TPSA) is 49.8 Å². The zero-order valence-electron chi connectivity index (χ0n) is 20.5. The average Bonchev–Trinajstić information content (AvgIpc) is 3.54. The summed E-state index contributed by atoms with van der Waals surface area (Å²) >= 11 is 0. The lowest BCUT2D eigenvalue weighted by molar-refractivity contribution is -0.144. The number of ether oxygens (including phenoxy) is 1. The Morgan fingerprint density at radius 2 is 1.71 bits per heavy atom. The number of aliphatic carboxylic acids is 1. The Hall–Kier alpha value is -3.37. The number of benzene rings is 3. The number of carbonyl (C=O) groups is 1. The van der Waals surface area contributed by atoms with E-state index in [-0.39, 0.29) is 5.92 Å². The summed E-state index contributed by atoms with van der Waals surface area (Å²) in [7, 11) is 0. The van der Waals surface area contributed by atoms with E-state index in [0.29, 0.717) is 0 Å². The predicted octanol–water partition coefficient (Wildman–Crippen LogP) is 5.75. The maximum absolute atomic E-state index is 13.0. The van der Waals surface area contributed by atoms with Crippen LogP contribution < -0.4 is 4.74 Å². The SMILES string of the molecule is C=CC.O=C(O)C(c1ccccc1)(c1ccccc1)[C@@H]1CCN(CCc2ccc3c(c2)CCO3)C1. The highest BCUT2D eigenvalue weighted by Gasteiger charge is 2.50. The first kappa shape index (κ1) is 24.7. The van der Waals surface area contributed by atoms with Crippen LogP contribution in [-0.2, 0) is 23.1 Å². The van der Waals surface area contributed by atoms with Crippen LogP contribution in [0.3, 0.4) is 0 Å². The monoisotopic (exact) mass is 469 g/mol. The van der Waals surface area contributed by atoms with E-state index < -0.39 is 11.4 Å². The zero-order valence-corrected chi connectivity index (χ0v) is 20.5. The first-order chi connectivity index (χ1) is 17.1. The molecule has 1 atom stereocenters. The molecule has 35 heavy (non-hydrogen) atoms. The standard InChI is InChI=1S/C28H29NO3.C3H6/c30-27(31)28(23-7-3-1-4-8-23,24-9-5-2-6-10-24)25-14-17-29(20-25)16-13-21-11-12-26-22(19-21)15-18-32-26;1-3-2/h1-12,19,25H,13-18,20H2,(H,30,31);3H,1H2,2H3/t25-;/m1./s1. The second kappa shape index (κ2) is 11.4. The van der Waals surface area contributed by atoms with Gasteiger partial charge < -0.3 is 14.7 Å². The molecule has 2 aliphatic heterocycles. The van der Waals surface area contributed by atoms with E-state index in [9.17, 15) is 9.90 Å². The summed E-state index contributed by atoms with van der Waals surface area (Å²) in [5.41, 5.74) is 3.32. The second-order valence-corrected chi connectivity index (χ2v) is 9.33. The summed E-state index contributed by atoms with van der Waals surface area (Å²) < 4.78 is 5.62. The van der Waals surface area contributed by atoms with Crippen molar-refractivity contribution in [1.29, 1.82) is 0 Å². The van der Waals surface area contributed by atoms with Crippen molar-refractivity contribution in [3.8, 4) is 5.75 Å². The van der Waals surface area contributed by atoms with Crippen molar-refractivity contribution in [1.82, 2.24) is 4.90 Å². The molecule has 4 heteroatoms. The molecule has 4 nitrogen and oxygen atoms in total. The Bertz CT molecular complexity index is 1090. The summed E-state index contributed by atoms with van der Waals surface area (Å²) in [4.78, 5) is 15.4. The molecule has 1 fully saturated rings. The molecule has 0 bridgehead atoms. The molecule has 2 aliphatic rings. The molecular formula is C31H35NO3. The van der Waals surface area contributed by atoms with Crippen LogP contribution in [-0.4, -0.2) is 42.2 Å². The molecular weight excluding hydrogens is 434 g/mol. The Balaban J connectivity index is 0.000000917. The zero-order chi connectivity index (χ0) is 24.7. The maximum Gasteiger partial charge on any atom is 0.318 e. The number of fused-ring (bicyclic) bond motifs is 1. The quantitative estimate of drug-likeness (QED) is 0.448. The molecule has 182 valence electrons. The van der Waals surface area contributed by atoms with Gasteiger partial charge in [-0.2, -0.15) is 0 Å². The van der Waals surface area contributed by atoms with Gasteiger partial charge in [-0.15, -0.1) is 6.58 Å². The Labute approximate surface area is 208 Å². The molecule has 1 N–H and O–H groups in total. The molecule has 0 amide bonds. The van der Waals surface area contributed by atoms with E-state index in [2.05, 4.69) is 29.7 Å². The van der Waals surface area contributed by atoms with Crippen LogP contribution in [0.15, 0.2) is 91.5 Å². The van der Waals surface area contributed by atoms with E-state index in [4.69, 9.17) is 4.74 Å². The van der Waals surface area contributed by atoms with Gasteiger partial charge in [0, 0.05) is 19.5 Å². The fourth-order valence-corrected chi connectivity index (χ4v) is 5.53. The van der Waals surface area contributed by atoms with Crippen molar-refractivity contribution in [3.63, 3.8) is 0 Å². The fourth-order valence-electron chi connectivity index (χ4n) is 5.53. The molecule has 0 aromatic heterocycles. The molecule has 3 aromatic rings. The van der Waals surface area contributed by atoms with Crippen LogP contribution in [0, 0.1) is 5.92 Å². The van der Waals surface area contributed by atoms with Crippen LogP contribution in [0.1, 0.15) is 35.6 Å². The molecule has 0 spiro atoms. The third-order valence-corrected chi connectivity index (χ3v) is 7.15. The number of hydrogen-bond donors (Lipinski definition) is 1. The average molecular weight is 470 g/mol. The van der Waals surface area contributed by atoms with Crippen LogP contribution in [0.4, 0.5) is 0 Å². The number of rotatable bonds is 7. The van der Waals surface area contributed by atoms with Crippen molar-refractivity contribution in [2.45, 2.75) is 31.6 Å². The molecule has 5 rings (SSSR count). The number of carboxylic acid groups (broad SMARTS) is 1. The number of carboxylic acids is 1. The third kappa shape index (κ3) is 5.18. The van der Waals surface area contributed by atoms with E-state index >= 15 is 0 Å². The Morgan fingerprint density at radius 1 is 1.09 bits per heavy atom. The first-order valence-electron chi connectivity index (χ1n) is 12.5. The highest BCUT2D eigenvalue weighted by Crippen LogP contribution is 2.44. The highest BCUT2D eigenvalue weighted by molar-refractivity contribution is 5.86. The van der Waals surface area contributed by atoms with Crippen LogP contribution >= 0.6 is 0 Å². The lowest BCUT2D eigenvalue weighted by atomic mass is 9.65. The van der Waals surface area contributed by atoms with Gasteiger partial charge in [-0.3, -0.25) is 4.79 Å². The molecule has 0 aliphatic carbocycles. The lowest BCUT2D eigenvalue weighted by Crippen LogP contribution is -2.45. The molecule has 0 unspecified atom stereocenters. The smallest absolute Gasteiger partial charge is 0.318 e. The highest BCUT2D eigenvalue weighted by atomic mass is 16.5. The lowest BCUT2D eigenvalue weighted by Gasteiger charge is -2.36. The number of allylic oxidation sites excluding steroid dienone is 1. The van der Waals surface area contributed by atoms with Gasteiger partial charge in [0.05, 0.1) is 6.61 Å². The fraction of sp³-hybridized carbons (Fsp3) is 0.323. The first-order valence-corrected chi connectivity index (χ1v) is 12.5. The van der Waals surface area contributed by atoms with Crippen LogP contribution in [0.25, 0.3) is 0 Å². The van der Waals surface area contributed by atoms with E-state index in [0.717, 1.165) is 62.4 Å². The summed E-state index contributed by atoms with van der Waals surface area (Å²) in [6, 6.07) is 26.1. The van der Waals surface area contributed by atoms with Crippen molar-refractivity contribution < 1.29 is 14.6 Å². The van der Waals surface area contributed by atoms with E-state index in [1.165, 1.54) is 11.1 Å². The van der Waals surface area contributed by atoms with Gasteiger partial charge in [0.25, 0.3) is 0 Å². The summed E-state index contributed by atoms with van der Waals surface area (Å²) in [5, 5.41) is 10.6.